The van der Waals surface area contributed by atoms with E-state index in [4.69, 9.17) is 0 Å². The molecule has 1 saturated heterocycles. The topological polar surface area (TPSA) is 62.6 Å². The van der Waals surface area contributed by atoms with E-state index in [2.05, 4.69) is 39.2 Å². The average Bonchev–Trinajstić information content (AvgIpc) is 2.64. The van der Waals surface area contributed by atoms with Gasteiger partial charge in [-0.25, -0.2) is 9.97 Å². The molecule has 0 spiro atoms. The molecule has 1 aliphatic rings. The number of quaternary nitrogens is 1. The third kappa shape index (κ3) is 4.29. The molecule has 0 atom stereocenters. The second kappa shape index (κ2) is 7.88. The predicted octanol–water partition coefficient (Wildman–Crippen LogP) is 0.383. The number of nitrogens with zero attached hydrogens (tertiary/aromatic N) is 3. The lowest BCUT2D eigenvalue weighted by molar-refractivity contribution is -0.892. The van der Waals surface area contributed by atoms with E-state index >= 15 is 0 Å². The van der Waals surface area contributed by atoms with Gasteiger partial charge in [-0.3, -0.25) is 4.79 Å². The molecule has 0 aliphatic carbocycles. The van der Waals surface area contributed by atoms with Crippen LogP contribution in [0.15, 0.2) is 42.7 Å². The standard InChI is InChI=1S/C18H23N5O/c1-2-15-4-6-16(7-5-15)21-17(24)14-22-10-12-23(13-11-22)18-19-8-3-9-20-18/h3-9H,2,10-14H2,1H3,(H,21,24)/p+1. The first-order chi connectivity index (χ1) is 11.7. The summed E-state index contributed by atoms with van der Waals surface area (Å²) in [7, 11) is 0. The lowest BCUT2D eigenvalue weighted by Crippen LogP contribution is -3.15. The highest BCUT2D eigenvalue weighted by Crippen LogP contribution is 2.09. The Labute approximate surface area is 142 Å². The fourth-order valence-electron chi connectivity index (χ4n) is 2.91. The monoisotopic (exact) mass is 326 g/mol. The summed E-state index contributed by atoms with van der Waals surface area (Å²) in [6.07, 6.45) is 4.53. The number of hydrogen-bond acceptors (Lipinski definition) is 4. The molecule has 0 unspecified atom stereocenters. The van der Waals surface area contributed by atoms with Gasteiger partial charge < -0.3 is 15.1 Å². The van der Waals surface area contributed by atoms with Gasteiger partial charge in [-0.05, 0) is 30.2 Å². The van der Waals surface area contributed by atoms with Crippen molar-refractivity contribution < 1.29 is 9.69 Å². The molecule has 1 aromatic carbocycles. The Kier molecular flexibility index (Phi) is 5.38. The van der Waals surface area contributed by atoms with Crippen LogP contribution in [-0.2, 0) is 11.2 Å². The number of carbonyl (C=O) groups is 1. The Morgan fingerprint density at radius 1 is 1.17 bits per heavy atom. The molecule has 0 bridgehead atoms. The van der Waals surface area contributed by atoms with Gasteiger partial charge in [-0.2, -0.15) is 0 Å². The minimum Gasteiger partial charge on any atom is -0.330 e. The Morgan fingerprint density at radius 3 is 2.46 bits per heavy atom. The molecule has 0 saturated carbocycles. The minimum absolute atomic E-state index is 0.0682. The maximum Gasteiger partial charge on any atom is 0.279 e. The number of piperazine rings is 1. The van der Waals surface area contributed by atoms with E-state index in [1.54, 1.807) is 12.4 Å². The van der Waals surface area contributed by atoms with Crippen molar-refractivity contribution in [1.29, 1.82) is 0 Å². The zero-order valence-corrected chi connectivity index (χ0v) is 14.0. The number of hydrogen-bond donors (Lipinski definition) is 2. The van der Waals surface area contributed by atoms with Crippen molar-refractivity contribution in [3.8, 4) is 0 Å². The molecule has 6 nitrogen and oxygen atoms in total. The molecule has 1 amide bonds. The molecular formula is C18H24N5O+. The Morgan fingerprint density at radius 2 is 1.83 bits per heavy atom. The number of aryl methyl sites for hydroxylation is 1. The zero-order valence-electron chi connectivity index (χ0n) is 14.0. The summed E-state index contributed by atoms with van der Waals surface area (Å²) in [5.74, 6) is 0.843. The molecule has 24 heavy (non-hydrogen) atoms. The number of anilines is 2. The predicted molar refractivity (Wildman–Crippen MR) is 94.3 cm³/mol. The largest absolute Gasteiger partial charge is 0.330 e. The van der Waals surface area contributed by atoms with Crippen LogP contribution in [0, 0.1) is 0 Å². The van der Waals surface area contributed by atoms with Crippen LogP contribution >= 0.6 is 0 Å². The summed E-state index contributed by atoms with van der Waals surface area (Å²) in [6, 6.07) is 9.87. The first-order valence-electron chi connectivity index (χ1n) is 8.49. The van der Waals surface area contributed by atoms with Gasteiger partial charge in [0.05, 0.1) is 26.2 Å². The molecule has 1 aliphatic heterocycles. The van der Waals surface area contributed by atoms with Crippen LogP contribution in [0.25, 0.3) is 0 Å². The molecule has 6 heteroatoms. The number of amides is 1. The van der Waals surface area contributed by atoms with E-state index in [1.165, 1.54) is 10.5 Å². The Balaban J connectivity index is 1.46. The molecule has 126 valence electrons. The van der Waals surface area contributed by atoms with E-state index < -0.39 is 0 Å². The lowest BCUT2D eigenvalue weighted by Gasteiger charge is -2.31. The summed E-state index contributed by atoms with van der Waals surface area (Å²) < 4.78 is 0. The number of carbonyl (C=O) groups excluding carboxylic acids is 1. The van der Waals surface area contributed by atoms with Crippen molar-refractivity contribution in [2.24, 2.45) is 0 Å². The van der Waals surface area contributed by atoms with Crippen LogP contribution in [0.3, 0.4) is 0 Å². The van der Waals surface area contributed by atoms with Crippen molar-refractivity contribution in [3.05, 3.63) is 48.3 Å². The van der Waals surface area contributed by atoms with Crippen LogP contribution in [0.2, 0.25) is 0 Å². The third-order valence-corrected chi connectivity index (χ3v) is 4.36. The van der Waals surface area contributed by atoms with Crippen molar-refractivity contribution in [3.63, 3.8) is 0 Å². The van der Waals surface area contributed by atoms with E-state index in [-0.39, 0.29) is 5.91 Å². The number of rotatable bonds is 5. The first-order valence-corrected chi connectivity index (χ1v) is 8.49. The van der Waals surface area contributed by atoms with Crippen LogP contribution in [0.5, 0.6) is 0 Å². The highest BCUT2D eigenvalue weighted by molar-refractivity contribution is 5.91. The number of nitrogens with one attached hydrogen (secondary N) is 2. The number of benzene rings is 1. The summed E-state index contributed by atoms with van der Waals surface area (Å²) in [4.78, 5) is 24.3. The summed E-state index contributed by atoms with van der Waals surface area (Å²) in [6.45, 7) is 6.20. The molecule has 2 N–H and O–H groups in total. The second-order valence-corrected chi connectivity index (χ2v) is 6.06. The molecule has 0 radical (unpaired) electrons. The highest BCUT2D eigenvalue weighted by atomic mass is 16.2. The van der Waals surface area contributed by atoms with Gasteiger partial charge in [0, 0.05) is 18.1 Å². The SMILES string of the molecule is CCc1ccc(NC(=O)C[NH+]2CCN(c3ncccn3)CC2)cc1. The molecule has 2 heterocycles. The fraction of sp³-hybridized carbons (Fsp3) is 0.389. The minimum atomic E-state index is 0.0682. The Bertz CT molecular complexity index is 651. The van der Waals surface area contributed by atoms with Gasteiger partial charge in [0.2, 0.25) is 5.95 Å². The average molecular weight is 326 g/mol. The van der Waals surface area contributed by atoms with Gasteiger partial charge in [0.1, 0.15) is 0 Å². The summed E-state index contributed by atoms with van der Waals surface area (Å²) >= 11 is 0. The van der Waals surface area contributed by atoms with Gasteiger partial charge in [-0.15, -0.1) is 0 Å². The van der Waals surface area contributed by atoms with Crippen molar-refractivity contribution >= 4 is 17.5 Å². The quantitative estimate of drug-likeness (QED) is 0.834. The smallest absolute Gasteiger partial charge is 0.279 e. The van der Waals surface area contributed by atoms with Crippen LogP contribution in [-0.4, -0.2) is 48.6 Å². The summed E-state index contributed by atoms with van der Waals surface area (Å²) in [5.41, 5.74) is 2.14. The highest BCUT2D eigenvalue weighted by Gasteiger charge is 2.23. The molecule has 1 fully saturated rings. The molecule has 2 aromatic rings. The van der Waals surface area contributed by atoms with Crippen LogP contribution < -0.4 is 15.1 Å². The van der Waals surface area contributed by atoms with Gasteiger partial charge >= 0.3 is 0 Å². The number of aromatic nitrogens is 2. The van der Waals surface area contributed by atoms with Gasteiger partial charge in [0.15, 0.2) is 6.54 Å². The zero-order chi connectivity index (χ0) is 16.8. The van der Waals surface area contributed by atoms with Crippen LogP contribution in [0.4, 0.5) is 11.6 Å². The molecule has 3 rings (SSSR count). The van der Waals surface area contributed by atoms with Gasteiger partial charge in [0.25, 0.3) is 5.91 Å². The molecular weight excluding hydrogens is 302 g/mol. The van der Waals surface area contributed by atoms with E-state index in [9.17, 15) is 4.79 Å². The van der Waals surface area contributed by atoms with Gasteiger partial charge in [-0.1, -0.05) is 19.1 Å². The molecule has 1 aromatic heterocycles. The van der Waals surface area contributed by atoms with Crippen LogP contribution in [0.1, 0.15) is 12.5 Å². The summed E-state index contributed by atoms with van der Waals surface area (Å²) in [5, 5.41) is 2.99. The second-order valence-electron chi connectivity index (χ2n) is 6.06. The maximum absolute atomic E-state index is 12.2. The van der Waals surface area contributed by atoms with E-state index in [1.807, 2.05) is 18.2 Å². The van der Waals surface area contributed by atoms with E-state index in [0.29, 0.717) is 6.54 Å². The third-order valence-electron chi connectivity index (χ3n) is 4.36. The van der Waals surface area contributed by atoms with Crippen molar-refractivity contribution in [2.45, 2.75) is 13.3 Å². The van der Waals surface area contributed by atoms with E-state index in [0.717, 1.165) is 44.2 Å². The van der Waals surface area contributed by atoms with Crippen molar-refractivity contribution in [1.82, 2.24) is 9.97 Å². The fourth-order valence-corrected chi connectivity index (χ4v) is 2.91. The van der Waals surface area contributed by atoms with Crippen molar-refractivity contribution in [2.75, 3.05) is 42.9 Å². The maximum atomic E-state index is 12.2. The normalized spacial score (nSPS) is 15.3. The first kappa shape index (κ1) is 16.4. The Hall–Kier alpha value is -2.47. The lowest BCUT2D eigenvalue weighted by atomic mass is 10.1.